The molecule has 0 fully saturated rings. The number of carbonyl (C=O) groups is 2. The van der Waals surface area contributed by atoms with E-state index in [-0.39, 0.29) is 0 Å². The number of halogens is 1. The highest BCUT2D eigenvalue weighted by Gasteiger charge is 2.27. The number of para-hydroxylation sites is 1. The Bertz CT molecular complexity index is 477. The Hall–Kier alpha value is -1.75. The van der Waals surface area contributed by atoms with Crippen molar-refractivity contribution < 1.29 is 19.4 Å². The molecule has 2 atom stereocenters. The summed E-state index contributed by atoms with van der Waals surface area (Å²) in [4.78, 5) is 24.0. The number of hydrogen-bond acceptors (Lipinski definition) is 3. The Morgan fingerprint density at radius 3 is 2.42 bits per heavy atom. The molecule has 0 radical (unpaired) electrons. The Morgan fingerprint density at radius 2 is 1.89 bits per heavy atom. The molecular formula is C13H16ClNO4. The van der Waals surface area contributed by atoms with E-state index in [2.05, 4.69) is 0 Å². The van der Waals surface area contributed by atoms with Crippen molar-refractivity contribution in [2.45, 2.75) is 26.0 Å². The highest BCUT2D eigenvalue weighted by molar-refractivity contribution is 6.32. The SMILES string of the molecule is CC(Oc1ccccc1Cl)C(=O)N(C)C(C)C(=O)O. The summed E-state index contributed by atoms with van der Waals surface area (Å²) < 4.78 is 5.44. The average Bonchev–Trinajstić information content (AvgIpc) is 2.38. The molecule has 1 N–H and O–H groups in total. The average molecular weight is 286 g/mol. The molecule has 2 unspecified atom stereocenters. The molecule has 19 heavy (non-hydrogen) atoms. The molecule has 0 aliphatic heterocycles. The summed E-state index contributed by atoms with van der Waals surface area (Å²) in [6.45, 7) is 2.99. The van der Waals surface area contributed by atoms with E-state index in [0.717, 1.165) is 4.90 Å². The van der Waals surface area contributed by atoms with Crippen LogP contribution < -0.4 is 4.74 Å². The van der Waals surface area contributed by atoms with Gasteiger partial charge in [0.25, 0.3) is 5.91 Å². The first-order valence-corrected chi connectivity index (χ1v) is 6.13. The van der Waals surface area contributed by atoms with Crippen LogP contribution in [0.3, 0.4) is 0 Å². The van der Waals surface area contributed by atoms with Gasteiger partial charge >= 0.3 is 5.97 Å². The number of nitrogens with zero attached hydrogens (tertiary/aromatic N) is 1. The zero-order chi connectivity index (χ0) is 14.6. The van der Waals surface area contributed by atoms with Crippen LogP contribution >= 0.6 is 11.6 Å². The topological polar surface area (TPSA) is 66.8 Å². The predicted molar refractivity (Wildman–Crippen MR) is 71.4 cm³/mol. The van der Waals surface area contributed by atoms with Crippen molar-refractivity contribution in [1.29, 1.82) is 0 Å². The van der Waals surface area contributed by atoms with Gasteiger partial charge in [0.15, 0.2) is 6.10 Å². The summed E-state index contributed by atoms with van der Waals surface area (Å²) in [5.74, 6) is -1.10. The van der Waals surface area contributed by atoms with E-state index in [0.29, 0.717) is 10.8 Å². The molecule has 104 valence electrons. The quantitative estimate of drug-likeness (QED) is 0.899. The van der Waals surface area contributed by atoms with Gasteiger partial charge < -0.3 is 14.7 Å². The maximum Gasteiger partial charge on any atom is 0.326 e. The lowest BCUT2D eigenvalue weighted by Gasteiger charge is -2.25. The molecule has 1 rings (SSSR count). The molecule has 0 heterocycles. The van der Waals surface area contributed by atoms with Gasteiger partial charge in [-0.25, -0.2) is 4.79 Å². The van der Waals surface area contributed by atoms with Gasteiger partial charge in [-0.3, -0.25) is 4.79 Å². The Labute approximate surface area is 116 Å². The molecular weight excluding hydrogens is 270 g/mol. The van der Waals surface area contributed by atoms with Gasteiger partial charge in [0.05, 0.1) is 5.02 Å². The van der Waals surface area contributed by atoms with Crippen LogP contribution in [-0.2, 0) is 9.59 Å². The maximum atomic E-state index is 12.0. The minimum absolute atomic E-state index is 0.390. The molecule has 0 bridgehead atoms. The minimum atomic E-state index is -1.07. The fraction of sp³-hybridized carbons (Fsp3) is 0.385. The molecule has 0 spiro atoms. The fourth-order valence-corrected chi connectivity index (χ4v) is 1.60. The summed E-state index contributed by atoms with van der Waals surface area (Å²) in [7, 11) is 1.42. The van der Waals surface area contributed by atoms with Crippen LogP contribution in [0.25, 0.3) is 0 Å². The number of carbonyl (C=O) groups excluding carboxylic acids is 1. The Morgan fingerprint density at radius 1 is 1.32 bits per heavy atom. The number of carboxylic acids is 1. The summed E-state index contributed by atoms with van der Waals surface area (Å²) in [5.41, 5.74) is 0. The standard InChI is InChI=1S/C13H16ClNO4/c1-8(13(17)18)15(3)12(16)9(2)19-11-7-5-4-6-10(11)14/h4-9H,1-3H3,(H,17,18). The van der Waals surface area contributed by atoms with Crippen LogP contribution in [0.2, 0.25) is 5.02 Å². The Kier molecular flexibility index (Phi) is 5.18. The van der Waals surface area contributed by atoms with E-state index in [1.807, 2.05) is 0 Å². The van der Waals surface area contributed by atoms with Crippen molar-refractivity contribution in [3.05, 3.63) is 29.3 Å². The first-order valence-electron chi connectivity index (χ1n) is 5.75. The lowest BCUT2D eigenvalue weighted by molar-refractivity contribution is -0.150. The lowest BCUT2D eigenvalue weighted by Crippen LogP contribution is -2.46. The van der Waals surface area contributed by atoms with Gasteiger partial charge in [-0.2, -0.15) is 0 Å². The number of ether oxygens (including phenoxy) is 1. The summed E-state index contributed by atoms with van der Waals surface area (Å²) >= 11 is 5.92. The highest BCUT2D eigenvalue weighted by Crippen LogP contribution is 2.24. The third-order valence-corrected chi connectivity index (χ3v) is 3.09. The number of likely N-dealkylation sites (N-methyl/N-ethyl adjacent to an activating group) is 1. The van der Waals surface area contributed by atoms with Crippen LogP contribution in [0.15, 0.2) is 24.3 Å². The summed E-state index contributed by atoms with van der Waals surface area (Å²) in [5, 5.41) is 9.26. The van der Waals surface area contributed by atoms with E-state index in [1.165, 1.54) is 14.0 Å². The van der Waals surface area contributed by atoms with E-state index in [1.54, 1.807) is 31.2 Å². The largest absolute Gasteiger partial charge is 0.480 e. The normalized spacial score (nSPS) is 13.5. The number of amides is 1. The van der Waals surface area contributed by atoms with E-state index < -0.39 is 24.0 Å². The summed E-state index contributed by atoms with van der Waals surface area (Å²) in [6, 6.07) is 5.87. The van der Waals surface area contributed by atoms with Gasteiger partial charge in [0.1, 0.15) is 11.8 Å². The van der Waals surface area contributed by atoms with E-state index in [4.69, 9.17) is 21.4 Å². The number of benzene rings is 1. The third-order valence-electron chi connectivity index (χ3n) is 2.77. The molecule has 0 aliphatic rings. The van der Waals surface area contributed by atoms with Crippen molar-refractivity contribution in [3.8, 4) is 5.75 Å². The number of aliphatic carboxylic acids is 1. The van der Waals surface area contributed by atoms with Gasteiger partial charge in [-0.1, -0.05) is 23.7 Å². The fourth-order valence-electron chi connectivity index (χ4n) is 1.42. The van der Waals surface area contributed by atoms with Crippen molar-refractivity contribution in [1.82, 2.24) is 4.90 Å². The Balaban J connectivity index is 2.73. The summed E-state index contributed by atoms with van der Waals surface area (Å²) in [6.07, 6.45) is -0.813. The first kappa shape index (κ1) is 15.3. The van der Waals surface area contributed by atoms with Gasteiger partial charge in [0, 0.05) is 7.05 Å². The van der Waals surface area contributed by atoms with Crippen molar-refractivity contribution in [3.63, 3.8) is 0 Å². The molecule has 5 nitrogen and oxygen atoms in total. The van der Waals surface area contributed by atoms with Crippen LogP contribution in [-0.4, -0.2) is 41.1 Å². The van der Waals surface area contributed by atoms with Crippen LogP contribution in [0.1, 0.15) is 13.8 Å². The smallest absolute Gasteiger partial charge is 0.326 e. The number of hydrogen-bond donors (Lipinski definition) is 1. The molecule has 1 aromatic carbocycles. The number of rotatable bonds is 5. The second kappa shape index (κ2) is 6.43. The van der Waals surface area contributed by atoms with Crippen LogP contribution in [0.5, 0.6) is 5.75 Å². The molecule has 0 saturated heterocycles. The van der Waals surface area contributed by atoms with Crippen molar-refractivity contribution in [2.24, 2.45) is 0 Å². The molecule has 0 aromatic heterocycles. The monoisotopic (exact) mass is 285 g/mol. The maximum absolute atomic E-state index is 12.0. The van der Waals surface area contributed by atoms with E-state index >= 15 is 0 Å². The molecule has 6 heteroatoms. The first-order chi connectivity index (χ1) is 8.84. The number of carboxylic acid groups (broad SMARTS) is 1. The highest BCUT2D eigenvalue weighted by atomic mass is 35.5. The predicted octanol–water partition coefficient (Wildman–Crippen LogP) is 2.04. The van der Waals surface area contributed by atoms with Gasteiger partial charge in [-0.05, 0) is 26.0 Å². The van der Waals surface area contributed by atoms with Gasteiger partial charge in [0.2, 0.25) is 0 Å². The molecule has 1 amide bonds. The molecule has 0 saturated carbocycles. The zero-order valence-electron chi connectivity index (χ0n) is 11.0. The molecule has 0 aliphatic carbocycles. The van der Waals surface area contributed by atoms with Crippen LogP contribution in [0.4, 0.5) is 0 Å². The third kappa shape index (κ3) is 3.86. The van der Waals surface area contributed by atoms with Crippen molar-refractivity contribution in [2.75, 3.05) is 7.05 Å². The zero-order valence-corrected chi connectivity index (χ0v) is 11.7. The van der Waals surface area contributed by atoms with Crippen LogP contribution in [0, 0.1) is 0 Å². The van der Waals surface area contributed by atoms with E-state index in [9.17, 15) is 9.59 Å². The lowest BCUT2D eigenvalue weighted by atomic mass is 10.2. The van der Waals surface area contributed by atoms with Crippen molar-refractivity contribution >= 4 is 23.5 Å². The minimum Gasteiger partial charge on any atom is -0.480 e. The second-order valence-corrected chi connectivity index (χ2v) is 4.56. The van der Waals surface area contributed by atoms with Gasteiger partial charge in [-0.15, -0.1) is 0 Å². The molecule has 1 aromatic rings. The second-order valence-electron chi connectivity index (χ2n) is 4.15.